The second kappa shape index (κ2) is 30.7. The van der Waals surface area contributed by atoms with Crippen molar-refractivity contribution in [2.75, 3.05) is 126 Å². The minimum Gasteiger partial charge on any atom is -0.379 e. The van der Waals surface area contributed by atoms with Crippen LogP contribution in [0.1, 0.15) is 42.9 Å². The lowest BCUT2D eigenvalue weighted by Gasteiger charge is -2.36. The third-order valence-electron chi connectivity index (χ3n) is 7.96. The molecule has 0 aliphatic carbocycles. The smallest absolute Gasteiger partial charge is 0.143 e. The van der Waals surface area contributed by atoms with Gasteiger partial charge in [-0.1, -0.05) is 111 Å². The van der Waals surface area contributed by atoms with Gasteiger partial charge < -0.3 is 47.4 Å². The van der Waals surface area contributed by atoms with Crippen molar-refractivity contribution in [3.8, 4) is 0 Å². The van der Waals surface area contributed by atoms with E-state index in [0.717, 1.165) is 29.7 Å². The Morgan fingerprint density at radius 1 is 0.308 bits per heavy atom. The molecule has 0 aromatic heterocycles. The minimum atomic E-state index is -0.747. The summed E-state index contributed by atoms with van der Waals surface area (Å²) in [7, 11) is 0. The first-order valence-corrected chi connectivity index (χ1v) is 18.9. The summed E-state index contributed by atoms with van der Waals surface area (Å²) in [5.74, 6) is 0. The molecule has 3 rings (SSSR count). The van der Waals surface area contributed by atoms with Crippen molar-refractivity contribution in [3.63, 3.8) is 0 Å². The van der Waals surface area contributed by atoms with Gasteiger partial charge in [-0.05, 0) is 23.1 Å². The van der Waals surface area contributed by atoms with Crippen LogP contribution in [0, 0.1) is 0 Å². The Labute approximate surface area is 311 Å². The van der Waals surface area contributed by atoms with Gasteiger partial charge in [-0.15, -0.1) is 0 Å². The van der Waals surface area contributed by atoms with Gasteiger partial charge in [-0.3, -0.25) is 0 Å². The zero-order chi connectivity index (χ0) is 36.5. The molecule has 0 fully saturated rings. The average molecular weight is 727 g/mol. The highest BCUT2D eigenvalue weighted by molar-refractivity contribution is 5.47. The van der Waals surface area contributed by atoms with Crippen molar-refractivity contribution < 1.29 is 47.4 Å². The maximum atomic E-state index is 6.73. The van der Waals surface area contributed by atoms with Crippen molar-refractivity contribution in [3.05, 3.63) is 108 Å². The van der Waals surface area contributed by atoms with E-state index in [0.29, 0.717) is 119 Å². The van der Waals surface area contributed by atoms with Crippen molar-refractivity contribution in [2.24, 2.45) is 0 Å². The van der Waals surface area contributed by atoms with E-state index in [1.54, 1.807) is 0 Å². The highest BCUT2D eigenvalue weighted by atomic mass is 16.6. The molecule has 0 aliphatic rings. The third-order valence-corrected chi connectivity index (χ3v) is 7.96. The summed E-state index contributed by atoms with van der Waals surface area (Å²) in [4.78, 5) is 0. The van der Waals surface area contributed by atoms with Gasteiger partial charge in [0.2, 0.25) is 0 Å². The molecule has 10 nitrogen and oxygen atoms in total. The van der Waals surface area contributed by atoms with Gasteiger partial charge in [0.1, 0.15) is 5.60 Å². The fourth-order valence-electron chi connectivity index (χ4n) is 5.34. The normalized spacial score (nSPS) is 11.7. The van der Waals surface area contributed by atoms with Crippen molar-refractivity contribution >= 4 is 0 Å². The molecule has 0 saturated carbocycles. The summed E-state index contributed by atoms with van der Waals surface area (Å²) < 4.78 is 56.9. The van der Waals surface area contributed by atoms with Gasteiger partial charge in [0.15, 0.2) is 0 Å². The van der Waals surface area contributed by atoms with Crippen molar-refractivity contribution in [1.29, 1.82) is 0 Å². The van der Waals surface area contributed by atoms with Crippen molar-refractivity contribution in [1.82, 2.24) is 0 Å². The fourth-order valence-corrected chi connectivity index (χ4v) is 5.34. The molecule has 3 aromatic rings. The van der Waals surface area contributed by atoms with Crippen LogP contribution in [0.5, 0.6) is 0 Å². The Morgan fingerprint density at radius 2 is 0.558 bits per heavy atom. The first-order valence-electron chi connectivity index (χ1n) is 18.9. The highest BCUT2D eigenvalue weighted by Crippen LogP contribution is 2.40. The van der Waals surface area contributed by atoms with Gasteiger partial charge in [0.25, 0.3) is 0 Å². The summed E-state index contributed by atoms with van der Waals surface area (Å²) in [5.41, 5.74) is 2.46. The van der Waals surface area contributed by atoms with E-state index in [1.807, 2.05) is 54.6 Å². The number of hydrogen-bond acceptors (Lipinski definition) is 10. The van der Waals surface area contributed by atoms with E-state index in [-0.39, 0.29) is 0 Å². The van der Waals surface area contributed by atoms with E-state index >= 15 is 0 Å². The molecule has 0 N–H and O–H groups in total. The average Bonchev–Trinajstić information content (AvgIpc) is 3.19. The standard InChI is InChI=1S/C42H62O10/c1-2-3-13-20-43-21-22-44-23-24-45-25-26-46-27-28-47-29-30-48-31-32-49-33-34-50-35-36-51-37-38-52-42(39-14-7-4-8-15-39,40-16-9-5-10-17-40)41-18-11-6-12-19-41/h4-12,14-19H,2-3,13,20-38H2,1H3. The molecule has 0 spiro atoms. The lowest BCUT2D eigenvalue weighted by Crippen LogP contribution is -2.34. The predicted octanol–water partition coefficient (Wildman–Crippen LogP) is 6.33. The summed E-state index contributed by atoms with van der Waals surface area (Å²) in [6.07, 6.45) is 3.54. The first kappa shape index (κ1) is 43.7. The lowest BCUT2D eigenvalue weighted by molar-refractivity contribution is -0.0399. The lowest BCUT2D eigenvalue weighted by atomic mass is 9.80. The molecule has 0 heterocycles. The molecule has 0 saturated heterocycles. The molecule has 0 unspecified atom stereocenters. The van der Waals surface area contributed by atoms with Crippen LogP contribution in [0.3, 0.4) is 0 Å². The summed E-state index contributed by atoms with van der Waals surface area (Å²) in [6, 6.07) is 31.0. The fraction of sp³-hybridized carbons (Fsp3) is 0.571. The summed E-state index contributed by atoms with van der Waals surface area (Å²) in [5, 5.41) is 0. The van der Waals surface area contributed by atoms with Crippen LogP contribution in [0.2, 0.25) is 0 Å². The molecule has 10 heteroatoms. The summed E-state index contributed by atoms with van der Waals surface area (Å²) in [6.45, 7) is 12.3. The molecular weight excluding hydrogens is 664 g/mol. The second-order valence-electron chi connectivity index (χ2n) is 11.8. The zero-order valence-corrected chi connectivity index (χ0v) is 31.3. The number of unbranched alkanes of at least 4 members (excludes halogenated alkanes) is 2. The largest absolute Gasteiger partial charge is 0.379 e. The van der Waals surface area contributed by atoms with E-state index in [2.05, 4.69) is 43.3 Å². The van der Waals surface area contributed by atoms with Gasteiger partial charge in [-0.25, -0.2) is 0 Å². The van der Waals surface area contributed by atoms with Crippen LogP contribution < -0.4 is 0 Å². The molecule has 3 aromatic carbocycles. The highest BCUT2D eigenvalue weighted by Gasteiger charge is 2.37. The van der Waals surface area contributed by atoms with Crippen LogP contribution in [0.25, 0.3) is 0 Å². The SMILES string of the molecule is CCCCCOCCOCCOCCOCCOCCOCCOCCOCCOCCOC(c1ccccc1)(c1ccccc1)c1ccccc1. The Morgan fingerprint density at radius 3 is 0.827 bits per heavy atom. The molecule has 0 atom stereocenters. The predicted molar refractivity (Wildman–Crippen MR) is 202 cm³/mol. The molecule has 0 amide bonds. The van der Waals surface area contributed by atoms with Crippen LogP contribution >= 0.6 is 0 Å². The second-order valence-corrected chi connectivity index (χ2v) is 11.8. The van der Waals surface area contributed by atoms with E-state index < -0.39 is 5.60 Å². The number of ether oxygens (including phenoxy) is 10. The monoisotopic (exact) mass is 726 g/mol. The Bertz CT molecular complexity index is 1090. The molecule has 0 radical (unpaired) electrons. The van der Waals surface area contributed by atoms with Crippen molar-refractivity contribution in [2.45, 2.75) is 31.8 Å². The van der Waals surface area contributed by atoms with E-state index in [4.69, 9.17) is 47.4 Å². The molecule has 0 bridgehead atoms. The first-order chi connectivity index (χ1) is 25.9. The van der Waals surface area contributed by atoms with Gasteiger partial charge in [0, 0.05) is 6.61 Å². The Hall–Kier alpha value is -2.74. The maximum Gasteiger partial charge on any atom is 0.143 e. The quantitative estimate of drug-likeness (QED) is 0.0506. The van der Waals surface area contributed by atoms with E-state index in [9.17, 15) is 0 Å². The molecular formula is C42H62O10. The molecule has 290 valence electrons. The minimum absolute atomic E-state index is 0.420. The maximum absolute atomic E-state index is 6.73. The van der Waals surface area contributed by atoms with Crippen LogP contribution in [-0.2, 0) is 53.0 Å². The summed E-state index contributed by atoms with van der Waals surface area (Å²) >= 11 is 0. The third kappa shape index (κ3) is 18.8. The van der Waals surface area contributed by atoms with Crippen LogP contribution in [0.4, 0.5) is 0 Å². The molecule has 0 aliphatic heterocycles. The van der Waals surface area contributed by atoms with Crippen LogP contribution in [0.15, 0.2) is 91.0 Å². The van der Waals surface area contributed by atoms with Gasteiger partial charge in [-0.2, -0.15) is 0 Å². The Kier molecular flexibility index (Phi) is 25.8. The molecule has 52 heavy (non-hydrogen) atoms. The zero-order valence-electron chi connectivity index (χ0n) is 31.3. The number of benzene rings is 3. The van der Waals surface area contributed by atoms with Gasteiger partial charge in [0.05, 0.1) is 119 Å². The topological polar surface area (TPSA) is 92.3 Å². The number of rotatable bonds is 35. The van der Waals surface area contributed by atoms with Crippen LogP contribution in [-0.4, -0.2) is 126 Å². The Balaban J connectivity index is 1.09. The van der Waals surface area contributed by atoms with Gasteiger partial charge >= 0.3 is 0 Å². The van der Waals surface area contributed by atoms with E-state index in [1.165, 1.54) is 12.8 Å². The number of hydrogen-bond donors (Lipinski definition) is 0.